The molecule has 32 heavy (non-hydrogen) atoms. The second-order valence-corrected chi connectivity index (χ2v) is 8.15. The molecule has 8 heteroatoms. The van der Waals surface area contributed by atoms with Gasteiger partial charge < -0.3 is 10.1 Å². The molecular formula is C24H30N6O2. The number of carbonyl (C=O) groups is 1. The predicted octanol–water partition coefficient (Wildman–Crippen LogP) is 2.42. The lowest BCUT2D eigenvalue weighted by Crippen LogP contribution is -2.43. The van der Waals surface area contributed by atoms with Gasteiger partial charge in [-0.1, -0.05) is 49.4 Å². The van der Waals surface area contributed by atoms with Gasteiger partial charge in [0.25, 0.3) is 0 Å². The summed E-state index contributed by atoms with van der Waals surface area (Å²) >= 11 is 0. The summed E-state index contributed by atoms with van der Waals surface area (Å²) in [5.74, 6) is 0.888. The van der Waals surface area contributed by atoms with E-state index in [9.17, 15) is 4.79 Å². The van der Waals surface area contributed by atoms with Gasteiger partial charge >= 0.3 is 0 Å². The molecule has 1 N–H and O–H groups in total. The van der Waals surface area contributed by atoms with E-state index in [1.54, 1.807) is 18.1 Å². The van der Waals surface area contributed by atoms with Crippen molar-refractivity contribution < 1.29 is 9.53 Å². The molecule has 2 aromatic carbocycles. The van der Waals surface area contributed by atoms with Gasteiger partial charge in [-0.05, 0) is 52.4 Å². The number of benzene rings is 2. The third kappa shape index (κ3) is 5.13. The van der Waals surface area contributed by atoms with Crippen molar-refractivity contribution in [3.63, 3.8) is 0 Å². The average Bonchev–Trinajstić information content (AvgIpc) is 3.50. The number of rotatable bonds is 9. The number of hydrogen-bond donors (Lipinski definition) is 1. The molecule has 1 saturated heterocycles. The molecule has 0 saturated carbocycles. The third-order valence-electron chi connectivity index (χ3n) is 6.13. The molecule has 1 fully saturated rings. The van der Waals surface area contributed by atoms with Crippen molar-refractivity contribution in [3.8, 4) is 5.75 Å². The van der Waals surface area contributed by atoms with Crippen LogP contribution in [0.4, 0.5) is 0 Å². The fourth-order valence-corrected chi connectivity index (χ4v) is 4.32. The van der Waals surface area contributed by atoms with Crippen LogP contribution in [0, 0.1) is 0 Å². The minimum atomic E-state index is -0.229. The van der Waals surface area contributed by atoms with E-state index in [-0.39, 0.29) is 18.0 Å². The average molecular weight is 435 g/mol. The monoisotopic (exact) mass is 434 g/mol. The summed E-state index contributed by atoms with van der Waals surface area (Å²) < 4.78 is 7.17. The molecule has 4 rings (SSSR count). The molecule has 0 bridgehead atoms. The van der Waals surface area contributed by atoms with Gasteiger partial charge in [-0.15, -0.1) is 5.10 Å². The number of nitrogens with one attached hydrogen (secondary N) is 1. The summed E-state index contributed by atoms with van der Waals surface area (Å²) in [7, 11) is 1.67. The van der Waals surface area contributed by atoms with E-state index in [4.69, 9.17) is 4.74 Å². The largest absolute Gasteiger partial charge is 0.496 e. The smallest absolute Gasteiger partial charge is 0.237 e. The van der Waals surface area contributed by atoms with E-state index in [1.807, 2.05) is 24.3 Å². The van der Waals surface area contributed by atoms with Gasteiger partial charge in [-0.2, -0.15) is 0 Å². The van der Waals surface area contributed by atoms with Gasteiger partial charge in [-0.25, -0.2) is 4.68 Å². The van der Waals surface area contributed by atoms with Gasteiger partial charge in [-0.3, -0.25) is 9.69 Å². The van der Waals surface area contributed by atoms with Gasteiger partial charge in [0.1, 0.15) is 12.1 Å². The van der Waals surface area contributed by atoms with Crippen molar-refractivity contribution in [1.82, 2.24) is 30.4 Å². The summed E-state index contributed by atoms with van der Waals surface area (Å²) in [5, 5.41) is 14.7. The minimum absolute atomic E-state index is 0.0423. The number of tetrazole rings is 1. The second kappa shape index (κ2) is 10.4. The van der Waals surface area contributed by atoms with Crippen LogP contribution in [0.3, 0.4) is 0 Å². The highest BCUT2D eigenvalue weighted by atomic mass is 16.5. The molecule has 0 spiro atoms. The van der Waals surface area contributed by atoms with Crippen LogP contribution >= 0.6 is 0 Å². The normalized spacial score (nSPS) is 18.6. The highest BCUT2D eigenvalue weighted by molar-refractivity contribution is 5.82. The Bertz CT molecular complexity index is 1010. The Kier molecular flexibility index (Phi) is 7.11. The van der Waals surface area contributed by atoms with E-state index in [2.05, 4.69) is 56.9 Å². The number of nitrogens with zero attached hydrogens (tertiary/aromatic N) is 5. The van der Waals surface area contributed by atoms with Crippen LogP contribution < -0.4 is 10.1 Å². The maximum atomic E-state index is 13.2. The lowest BCUT2D eigenvalue weighted by molar-refractivity contribution is -0.125. The van der Waals surface area contributed by atoms with Crippen LogP contribution in [-0.4, -0.2) is 57.3 Å². The van der Waals surface area contributed by atoms with Crippen LogP contribution in [0.2, 0.25) is 0 Å². The molecule has 2 heterocycles. The molecule has 8 nitrogen and oxygen atoms in total. The number of hydrogen-bond acceptors (Lipinski definition) is 6. The molecule has 0 radical (unpaired) electrons. The van der Waals surface area contributed by atoms with Crippen molar-refractivity contribution in [3.05, 3.63) is 71.5 Å². The number of amides is 1. The first-order valence-corrected chi connectivity index (χ1v) is 11.1. The SMILES string of the molecule is CCc1ccc(CN2C[C@@H](n3cnnn3)C[C@H]2C(=O)NCCc2ccccc2OC)cc1. The van der Waals surface area contributed by atoms with Crippen molar-refractivity contribution in [2.75, 3.05) is 20.2 Å². The number of aromatic nitrogens is 4. The molecule has 0 aliphatic carbocycles. The molecule has 168 valence electrons. The Morgan fingerprint density at radius 2 is 1.94 bits per heavy atom. The second-order valence-electron chi connectivity index (χ2n) is 8.15. The zero-order chi connectivity index (χ0) is 22.3. The fraction of sp³-hybridized carbons (Fsp3) is 0.417. The van der Waals surface area contributed by atoms with Crippen molar-refractivity contribution >= 4 is 5.91 Å². The van der Waals surface area contributed by atoms with Crippen molar-refractivity contribution in [2.24, 2.45) is 0 Å². The number of methoxy groups -OCH3 is 1. The van der Waals surface area contributed by atoms with Crippen LogP contribution in [-0.2, 0) is 24.2 Å². The maximum Gasteiger partial charge on any atom is 0.237 e. The van der Waals surface area contributed by atoms with E-state index in [0.717, 1.165) is 30.7 Å². The Labute approximate surface area is 188 Å². The Balaban J connectivity index is 1.42. The van der Waals surface area contributed by atoms with E-state index < -0.39 is 0 Å². The third-order valence-corrected chi connectivity index (χ3v) is 6.13. The molecular weight excluding hydrogens is 404 g/mol. The number of carbonyl (C=O) groups excluding carboxylic acids is 1. The van der Waals surface area contributed by atoms with Crippen LogP contribution in [0.25, 0.3) is 0 Å². The summed E-state index contributed by atoms with van der Waals surface area (Å²) in [6.07, 6.45) is 4.04. The first kappa shape index (κ1) is 22.0. The minimum Gasteiger partial charge on any atom is -0.496 e. The fourth-order valence-electron chi connectivity index (χ4n) is 4.32. The lowest BCUT2D eigenvalue weighted by atomic mass is 10.1. The molecule has 1 aliphatic rings. The molecule has 3 aromatic rings. The Hall–Kier alpha value is -3.26. The van der Waals surface area contributed by atoms with Crippen LogP contribution in [0.15, 0.2) is 54.9 Å². The molecule has 1 aliphatic heterocycles. The van der Waals surface area contributed by atoms with Crippen LogP contribution in [0.1, 0.15) is 36.1 Å². The number of aryl methyl sites for hydroxylation is 1. The Morgan fingerprint density at radius 3 is 2.66 bits per heavy atom. The zero-order valence-corrected chi connectivity index (χ0v) is 18.6. The highest BCUT2D eigenvalue weighted by Crippen LogP contribution is 2.28. The number of likely N-dealkylation sites (tertiary alicyclic amines) is 1. The maximum absolute atomic E-state index is 13.2. The van der Waals surface area contributed by atoms with Gasteiger partial charge in [0.05, 0.1) is 19.2 Å². The van der Waals surface area contributed by atoms with Crippen molar-refractivity contribution in [2.45, 2.75) is 44.8 Å². The zero-order valence-electron chi connectivity index (χ0n) is 18.6. The summed E-state index contributed by atoms with van der Waals surface area (Å²) in [6.45, 7) is 4.15. The van der Waals surface area contributed by atoms with Gasteiger partial charge in [0.2, 0.25) is 5.91 Å². The standard InChI is InChI=1S/C24H30N6O2/c1-3-18-8-10-19(11-9-18)15-29-16-21(30-17-26-27-28-30)14-22(29)24(31)25-13-12-20-6-4-5-7-23(20)32-2/h4-11,17,21-22H,3,12-16H2,1-2H3,(H,25,31)/t21-,22-/m0/s1. The molecule has 1 aromatic heterocycles. The van der Waals surface area contributed by atoms with Gasteiger partial charge in [0.15, 0.2) is 0 Å². The summed E-state index contributed by atoms with van der Waals surface area (Å²) in [6, 6.07) is 16.4. The van der Waals surface area contributed by atoms with Crippen molar-refractivity contribution in [1.29, 1.82) is 0 Å². The van der Waals surface area contributed by atoms with Gasteiger partial charge in [0, 0.05) is 19.6 Å². The summed E-state index contributed by atoms with van der Waals surface area (Å²) in [4.78, 5) is 15.4. The number of para-hydroxylation sites is 1. The van der Waals surface area contributed by atoms with E-state index in [0.29, 0.717) is 19.5 Å². The summed E-state index contributed by atoms with van der Waals surface area (Å²) in [5.41, 5.74) is 3.60. The van der Waals surface area contributed by atoms with Crippen LogP contribution in [0.5, 0.6) is 5.75 Å². The molecule has 2 atom stereocenters. The Morgan fingerprint density at radius 1 is 1.16 bits per heavy atom. The first-order chi connectivity index (χ1) is 15.7. The molecule has 0 unspecified atom stereocenters. The predicted molar refractivity (Wildman–Crippen MR) is 121 cm³/mol. The topological polar surface area (TPSA) is 85.2 Å². The quantitative estimate of drug-likeness (QED) is 0.557. The van der Waals surface area contributed by atoms with E-state index >= 15 is 0 Å². The lowest BCUT2D eigenvalue weighted by Gasteiger charge is -2.23. The first-order valence-electron chi connectivity index (χ1n) is 11.1. The van der Waals surface area contributed by atoms with E-state index in [1.165, 1.54) is 11.1 Å². The number of ether oxygens (including phenoxy) is 1. The molecule has 1 amide bonds. The highest BCUT2D eigenvalue weighted by Gasteiger charge is 2.38.